The van der Waals surface area contributed by atoms with E-state index in [-0.39, 0.29) is 4.90 Å². The van der Waals surface area contributed by atoms with E-state index in [9.17, 15) is 8.42 Å². The number of imidazole rings is 1. The van der Waals surface area contributed by atoms with Crippen LogP contribution in [0.4, 0.5) is 0 Å². The predicted octanol–water partition coefficient (Wildman–Crippen LogP) is 2.94. The van der Waals surface area contributed by atoms with Gasteiger partial charge in [-0.05, 0) is 50.7 Å². The molecule has 1 aromatic heterocycles. The molecule has 1 unspecified atom stereocenters. The van der Waals surface area contributed by atoms with E-state index in [2.05, 4.69) is 16.5 Å². The summed E-state index contributed by atoms with van der Waals surface area (Å²) in [6.45, 7) is 4.96. The van der Waals surface area contributed by atoms with Crippen LogP contribution in [0.15, 0.2) is 29.3 Å². The molecule has 1 saturated heterocycles. The highest BCUT2D eigenvalue weighted by atomic mass is 32.2. The Labute approximate surface area is 171 Å². The Hall–Kier alpha value is -2.06. The average molecular weight is 418 g/mol. The van der Waals surface area contributed by atoms with Crippen LogP contribution in [0, 0.1) is 12.8 Å². The van der Waals surface area contributed by atoms with Gasteiger partial charge in [0.05, 0.1) is 4.90 Å². The van der Waals surface area contributed by atoms with Crippen LogP contribution in [0.1, 0.15) is 43.1 Å². The molecule has 5 rings (SSSR count). The predicted molar refractivity (Wildman–Crippen MR) is 108 cm³/mol. The van der Waals surface area contributed by atoms with Crippen molar-refractivity contribution >= 4 is 10.0 Å². The summed E-state index contributed by atoms with van der Waals surface area (Å²) in [5, 5.41) is 0. The molecule has 1 atom stereocenters. The van der Waals surface area contributed by atoms with Crippen LogP contribution in [0.25, 0.3) is 0 Å². The average Bonchev–Trinajstić information content (AvgIpc) is 3.52. The van der Waals surface area contributed by atoms with E-state index in [1.807, 2.05) is 6.20 Å². The molecule has 2 aromatic rings. The molecule has 0 amide bonds. The summed E-state index contributed by atoms with van der Waals surface area (Å²) in [5.41, 5.74) is 1.17. The van der Waals surface area contributed by atoms with Gasteiger partial charge in [0.2, 0.25) is 10.0 Å². The van der Waals surface area contributed by atoms with E-state index in [0.29, 0.717) is 49.6 Å². The van der Waals surface area contributed by atoms with Crippen LogP contribution < -0.4 is 9.47 Å². The summed E-state index contributed by atoms with van der Waals surface area (Å²) in [7, 11) is -3.56. The normalized spacial score (nSPS) is 22.6. The van der Waals surface area contributed by atoms with Crippen molar-refractivity contribution in [2.75, 3.05) is 26.3 Å². The molecule has 156 valence electrons. The largest absolute Gasteiger partial charge is 0.486 e. The van der Waals surface area contributed by atoms with Crippen LogP contribution in [-0.4, -0.2) is 48.6 Å². The van der Waals surface area contributed by atoms with Gasteiger partial charge in [0.15, 0.2) is 11.5 Å². The third-order valence-electron chi connectivity index (χ3n) is 6.10. The first kappa shape index (κ1) is 18.9. The Morgan fingerprint density at radius 2 is 1.93 bits per heavy atom. The van der Waals surface area contributed by atoms with Crippen molar-refractivity contribution < 1.29 is 17.9 Å². The van der Waals surface area contributed by atoms with Gasteiger partial charge < -0.3 is 14.0 Å². The molecule has 2 fully saturated rings. The van der Waals surface area contributed by atoms with Gasteiger partial charge in [-0.3, -0.25) is 0 Å². The highest BCUT2D eigenvalue weighted by Gasteiger charge is 2.33. The zero-order chi connectivity index (χ0) is 20.0. The van der Waals surface area contributed by atoms with E-state index in [1.165, 1.54) is 24.4 Å². The Morgan fingerprint density at radius 1 is 1.14 bits per heavy atom. The van der Waals surface area contributed by atoms with E-state index < -0.39 is 10.0 Å². The number of ether oxygens (including phenoxy) is 2. The minimum Gasteiger partial charge on any atom is -0.486 e. The Kier molecular flexibility index (Phi) is 4.78. The molecule has 1 aromatic carbocycles. The topological polar surface area (TPSA) is 73.7 Å². The van der Waals surface area contributed by atoms with Crippen LogP contribution in [-0.2, 0) is 16.6 Å². The van der Waals surface area contributed by atoms with Crippen LogP contribution >= 0.6 is 0 Å². The summed E-state index contributed by atoms with van der Waals surface area (Å²) >= 11 is 0. The van der Waals surface area contributed by atoms with Gasteiger partial charge in [-0.25, -0.2) is 13.4 Å². The Morgan fingerprint density at radius 3 is 2.72 bits per heavy atom. The minimum absolute atomic E-state index is 0.278. The molecule has 3 aliphatic rings. The first-order valence-corrected chi connectivity index (χ1v) is 11.9. The van der Waals surface area contributed by atoms with Gasteiger partial charge in [-0.1, -0.05) is 0 Å². The summed E-state index contributed by atoms with van der Waals surface area (Å²) < 4.78 is 41.6. The first-order chi connectivity index (χ1) is 14.0. The van der Waals surface area contributed by atoms with Crippen LogP contribution in [0.2, 0.25) is 0 Å². The number of nitrogens with zero attached hydrogens (tertiary/aromatic N) is 3. The molecule has 0 N–H and O–H groups in total. The molecular weight excluding hydrogens is 390 g/mol. The lowest BCUT2D eigenvalue weighted by atomic mass is 9.99. The van der Waals surface area contributed by atoms with Gasteiger partial charge >= 0.3 is 0 Å². The number of sulfonamides is 1. The Bertz CT molecular complexity index is 1010. The number of rotatable bonds is 5. The number of aromatic nitrogens is 2. The number of hydrogen-bond donors (Lipinski definition) is 0. The fourth-order valence-corrected chi connectivity index (χ4v) is 5.94. The van der Waals surface area contributed by atoms with Crippen molar-refractivity contribution in [3.8, 4) is 11.5 Å². The molecule has 1 saturated carbocycles. The van der Waals surface area contributed by atoms with Crippen molar-refractivity contribution in [1.82, 2.24) is 13.9 Å². The van der Waals surface area contributed by atoms with Gasteiger partial charge in [-0.15, -0.1) is 0 Å². The molecule has 7 nitrogen and oxygen atoms in total. The lowest BCUT2D eigenvalue weighted by Crippen LogP contribution is -2.41. The minimum atomic E-state index is -3.56. The zero-order valence-electron chi connectivity index (χ0n) is 16.7. The van der Waals surface area contributed by atoms with Crippen molar-refractivity contribution in [3.05, 3.63) is 35.9 Å². The van der Waals surface area contributed by atoms with E-state index in [4.69, 9.17) is 9.47 Å². The lowest BCUT2D eigenvalue weighted by molar-refractivity contribution is 0.171. The second-order valence-electron chi connectivity index (χ2n) is 8.32. The summed E-state index contributed by atoms with van der Waals surface area (Å²) in [6.07, 6.45) is 6.29. The van der Waals surface area contributed by atoms with Gasteiger partial charge in [0, 0.05) is 43.5 Å². The highest BCUT2D eigenvalue weighted by Crippen LogP contribution is 2.40. The number of hydrogen-bond acceptors (Lipinski definition) is 5. The molecule has 0 radical (unpaired) electrons. The molecular formula is C21H27N3O4S. The summed E-state index contributed by atoms with van der Waals surface area (Å²) in [4.78, 5) is 4.88. The summed E-state index contributed by atoms with van der Waals surface area (Å²) in [6, 6.07) is 4.91. The molecule has 0 bridgehead atoms. The molecule has 29 heavy (non-hydrogen) atoms. The fraction of sp³-hybridized carbons (Fsp3) is 0.571. The van der Waals surface area contributed by atoms with E-state index in [0.717, 1.165) is 19.4 Å². The second-order valence-corrected chi connectivity index (χ2v) is 10.3. The van der Waals surface area contributed by atoms with E-state index in [1.54, 1.807) is 22.5 Å². The third-order valence-corrected chi connectivity index (χ3v) is 7.96. The quantitative estimate of drug-likeness (QED) is 0.748. The fourth-order valence-electron chi connectivity index (χ4n) is 4.37. The first-order valence-electron chi connectivity index (χ1n) is 10.4. The van der Waals surface area contributed by atoms with E-state index >= 15 is 0 Å². The molecule has 0 spiro atoms. The SMILES string of the molecule is Cc1cnc(C2CC2)n1CC1CCCN(S(=O)(=O)c2ccc3c(c2)OCCO3)C1. The number of benzene rings is 1. The number of fused-ring (bicyclic) bond motifs is 1. The Balaban J connectivity index is 1.34. The van der Waals surface area contributed by atoms with Crippen molar-refractivity contribution in [3.63, 3.8) is 0 Å². The maximum Gasteiger partial charge on any atom is 0.243 e. The molecule has 8 heteroatoms. The van der Waals surface area contributed by atoms with Gasteiger partial charge in [-0.2, -0.15) is 4.31 Å². The summed E-state index contributed by atoms with van der Waals surface area (Å²) in [5.74, 6) is 3.17. The second kappa shape index (κ2) is 7.32. The van der Waals surface area contributed by atoms with Crippen molar-refractivity contribution in [1.29, 1.82) is 0 Å². The van der Waals surface area contributed by atoms with Gasteiger partial charge in [0.25, 0.3) is 0 Å². The monoisotopic (exact) mass is 417 g/mol. The number of piperidine rings is 1. The standard InChI is InChI=1S/C21H27N3O4S/c1-15-12-22-21(17-4-5-17)24(15)14-16-3-2-8-23(13-16)29(25,26)18-6-7-19-20(11-18)28-10-9-27-19/h6-7,11-12,16-17H,2-5,8-10,13-14H2,1H3. The highest BCUT2D eigenvalue weighted by molar-refractivity contribution is 7.89. The molecule has 1 aliphatic carbocycles. The van der Waals surface area contributed by atoms with Crippen LogP contribution in [0.5, 0.6) is 11.5 Å². The van der Waals surface area contributed by atoms with Crippen molar-refractivity contribution in [2.45, 2.75) is 50.0 Å². The zero-order valence-corrected chi connectivity index (χ0v) is 17.5. The van der Waals surface area contributed by atoms with Gasteiger partial charge in [0.1, 0.15) is 19.0 Å². The van der Waals surface area contributed by atoms with Crippen LogP contribution in [0.3, 0.4) is 0 Å². The smallest absolute Gasteiger partial charge is 0.243 e. The molecule has 2 aliphatic heterocycles. The third kappa shape index (κ3) is 3.64. The maximum atomic E-state index is 13.3. The maximum absolute atomic E-state index is 13.3. The number of aryl methyl sites for hydroxylation is 1. The molecule has 3 heterocycles. The van der Waals surface area contributed by atoms with Crippen molar-refractivity contribution in [2.24, 2.45) is 5.92 Å². The lowest BCUT2D eigenvalue weighted by Gasteiger charge is -2.33.